The Labute approximate surface area is 171 Å². The van der Waals surface area contributed by atoms with Crippen LogP contribution in [0.2, 0.25) is 0 Å². The van der Waals surface area contributed by atoms with Gasteiger partial charge in [0.25, 0.3) is 5.91 Å². The largest absolute Gasteiger partial charge is 0.494 e. The van der Waals surface area contributed by atoms with E-state index < -0.39 is 5.91 Å². The molecule has 0 aliphatic rings. The third-order valence-corrected chi connectivity index (χ3v) is 5.20. The van der Waals surface area contributed by atoms with E-state index in [0.717, 1.165) is 36.2 Å². The first-order valence-electron chi connectivity index (χ1n) is 10.3. The third-order valence-electron chi connectivity index (χ3n) is 5.20. The highest BCUT2D eigenvalue weighted by Gasteiger charge is 2.14. The summed E-state index contributed by atoms with van der Waals surface area (Å²) in [6.07, 6.45) is 10.6. The molecule has 3 rings (SSSR count). The van der Waals surface area contributed by atoms with E-state index in [2.05, 4.69) is 34.7 Å². The molecule has 1 aromatic carbocycles. The molecule has 0 bridgehead atoms. The second-order valence-corrected chi connectivity index (χ2v) is 7.33. The number of rotatable bonds is 12. The molecule has 0 radical (unpaired) electrons. The van der Waals surface area contributed by atoms with Crippen LogP contribution in [0.1, 0.15) is 55.6 Å². The highest BCUT2D eigenvalue weighted by molar-refractivity contribution is 5.90. The van der Waals surface area contributed by atoms with E-state index in [4.69, 9.17) is 10.5 Å². The van der Waals surface area contributed by atoms with Gasteiger partial charge in [0.05, 0.1) is 25.6 Å². The van der Waals surface area contributed by atoms with Gasteiger partial charge in [-0.05, 0) is 37.1 Å². The normalized spacial score (nSPS) is 12.3. The molecule has 7 heteroatoms. The Bertz CT molecular complexity index is 931. The number of hydrogen-bond acceptors (Lipinski definition) is 4. The minimum atomic E-state index is -0.569. The van der Waals surface area contributed by atoms with Crippen molar-refractivity contribution in [1.29, 1.82) is 0 Å². The third kappa shape index (κ3) is 5.38. The topological polar surface area (TPSA) is 95.3 Å². The Morgan fingerprint density at radius 1 is 1.28 bits per heavy atom. The van der Waals surface area contributed by atoms with Gasteiger partial charge in [0.1, 0.15) is 11.4 Å². The minimum absolute atomic E-state index is 0.0379. The lowest BCUT2D eigenvalue weighted by atomic mass is 10.2. The Kier molecular flexibility index (Phi) is 7.30. The Hall–Kier alpha value is -2.80. The number of hydrogen-bond donors (Lipinski definition) is 2. The summed E-state index contributed by atoms with van der Waals surface area (Å²) in [4.78, 5) is 15.2. The van der Waals surface area contributed by atoms with Crippen molar-refractivity contribution in [3.63, 3.8) is 0 Å². The SMILES string of the molecule is CCCCCCOc1ccc2c(ccn2CCC(CO)n2cnc(C(N)=O)c2)c1. The number of aliphatic hydroxyl groups excluding tert-OH is 1. The van der Waals surface area contributed by atoms with Crippen molar-refractivity contribution >= 4 is 16.8 Å². The highest BCUT2D eigenvalue weighted by Crippen LogP contribution is 2.24. The molecular weight excluding hydrogens is 368 g/mol. The lowest BCUT2D eigenvalue weighted by Crippen LogP contribution is -2.15. The van der Waals surface area contributed by atoms with Crippen molar-refractivity contribution in [2.75, 3.05) is 13.2 Å². The van der Waals surface area contributed by atoms with E-state index in [0.29, 0.717) is 6.42 Å². The molecular formula is C22H30N4O3. The standard InChI is InChI=1S/C22H30N4O3/c1-2-3-4-5-12-29-19-6-7-21-17(13-19)8-10-25(21)11-9-18(15-27)26-14-20(22(23)28)24-16-26/h6-8,10,13-14,16,18,27H,2-5,9,11-12,15H2,1H3,(H2,23,28). The molecule has 7 nitrogen and oxygen atoms in total. The second-order valence-electron chi connectivity index (χ2n) is 7.33. The lowest BCUT2D eigenvalue weighted by Gasteiger charge is -2.16. The van der Waals surface area contributed by atoms with Crippen LogP contribution in [0.4, 0.5) is 0 Å². The summed E-state index contributed by atoms with van der Waals surface area (Å²) in [7, 11) is 0. The maximum atomic E-state index is 11.2. The molecule has 0 saturated carbocycles. The van der Waals surface area contributed by atoms with Crippen molar-refractivity contribution in [3.05, 3.63) is 48.7 Å². The minimum Gasteiger partial charge on any atom is -0.494 e. The number of benzene rings is 1. The van der Waals surface area contributed by atoms with Crippen LogP contribution in [0.25, 0.3) is 10.9 Å². The number of amides is 1. The van der Waals surface area contributed by atoms with E-state index in [1.165, 1.54) is 19.3 Å². The van der Waals surface area contributed by atoms with Crippen LogP contribution in [0.3, 0.4) is 0 Å². The van der Waals surface area contributed by atoms with Crippen LogP contribution in [0, 0.1) is 0 Å². The van der Waals surface area contributed by atoms with Gasteiger partial charge in [0, 0.05) is 29.8 Å². The molecule has 3 N–H and O–H groups in total. The summed E-state index contributed by atoms with van der Waals surface area (Å²) >= 11 is 0. The summed E-state index contributed by atoms with van der Waals surface area (Å²) in [5, 5.41) is 10.9. The lowest BCUT2D eigenvalue weighted by molar-refractivity contribution is 0.0995. The first kappa shape index (κ1) is 20.9. The maximum Gasteiger partial charge on any atom is 0.268 e. The number of fused-ring (bicyclic) bond motifs is 1. The molecule has 0 spiro atoms. The van der Waals surface area contributed by atoms with Crippen molar-refractivity contribution in [2.45, 2.75) is 51.6 Å². The van der Waals surface area contributed by atoms with Crippen molar-refractivity contribution in [3.8, 4) is 5.75 Å². The molecule has 3 aromatic rings. The predicted molar refractivity (Wildman–Crippen MR) is 113 cm³/mol. The van der Waals surface area contributed by atoms with E-state index in [-0.39, 0.29) is 18.3 Å². The number of imidazole rings is 1. The van der Waals surface area contributed by atoms with E-state index >= 15 is 0 Å². The summed E-state index contributed by atoms with van der Waals surface area (Å²) in [5.41, 5.74) is 6.59. The van der Waals surface area contributed by atoms with Crippen LogP contribution >= 0.6 is 0 Å². The van der Waals surface area contributed by atoms with Crippen LogP contribution < -0.4 is 10.5 Å². The van der Waals surface area contributed by atoms with Gasteiger partial charge in [-0.1, -0.05) is 26.2 Å². The Balaban J connectivity index is 1.60. The molecule has 156 valence electrons. The van der Waals surface area contributed by atoms with Gasteiger partial charge in [0.15, 0.2) is 0 Å². The first-order valence-corrected chi connectivity index (χ1v) is 10.3. The summed E-state index contributed by atoms with van der Waals surface area (Å²) in [6, 6.07) is 8.07. The predicted octanol–water partition coefficient (Wildman–Crippen LogP) is 3.52. The number of primary amides is 1. The van der Waals surface area contributed by atoms with Crippen LogP contribution in [0.15, 0.2) is 43.0 Å². The zero-order valence-corrected chi connectivity index (χ0v) is 17.0. The fraction of sp³-hybridized carbons (Fsp3) is 0.455. The molecule has 0 saturated heterocycles. The number of aryl methyl sites for hydroxylation is 1. The molecule has 0 aliphatic heterocycles. The molecule has 1 atom stereocenters. The molecule has 1 amide bonds. The Morgan fingerprint density at radius 3 is 2.86 bits per heavy atom. The number of carbonyl (C=O) groups is 1. The zero-order chi connectivity index (χ0) is 20.6. The fourth-order valence-electron chi connectivity index (χ4n) is 3.47. The van der Waals surface area contributed by atoms with Gasteiger partial charge >= 0.3 is 0 Å². The maximum absolute atomic E-state index is 11.2. The molecule has 2 aromatic heterocycles. The number of nitrogens with two attached hydrogens (primary N) is 1. The van der Waals surface area contributed by atoms with E-state index in [1.54, 1.807) is 17.1 Å². The number of aliphatic hydroxyl groups is 1. The number of unbranched alkanes of at least 4 members (excludes halogenated alkanes) is 3. The highest BCUT2D eigenvalue weighted by atomic mass is 16.5. The van der Waals surface area contributed by atoms with Crippen LogP contribution in [-0.2, 0) is 6.54 Å². The number of nitrogens with zero attached hydrogens (tertiary/aromatic N) is 3. The van der Waals surface area contributed by atoms with Gasteiger partial charge in [-0.3, -0.25) is 4.79 Å². The molecule has 0 aliphatic carbocycles. The quantitative estimate of drug-likeness (QED) is 0.456. The summed E-state index contributed by atoms with van der Waals surface area (Å²) in [5.74, 6) is 0.331. The number of carbonyl (C=O) groups excluding carboxylic acids is 1. The van der Waals surface area contributed by atoms with E-state index in [1.807, 2.05) is 12.3 Å². The number of ether oxygens (including phenoxy) is 1. The monoisotopic (exact) mass is 398 g/mol. The van der Waals surface area contributed by atoms with Crippen LogP contribution in [-0.4, -0.2) is 38.3 Å². The smallest absolute Gasteiger partial charge is 0.268 e. The Morgan fingerprint density at radius 2 is 2.14 bits per heavy atom. The average Bonchev–Trinajstić information content (AvgIpc) is 3.36. The molecule has 0 fully saturated rings. The van der Waals surface area contributed by atoms with Gasteiger partial charge < -0.3 is 24.7 Å². The second kappa shape index (κ2) is 10.1. The van der Waals surface area contributed by atoms with Gasteiger partial charge in [-0.2, -0.15) is 0 Å². The fourth-order valence-corrected chi connectivity index (χ4v) is 3.47. The van der Waals surface area contributed by atoms with Gasteiger partial charge in [-0.25, -0.2) is 4.98 Å². The van der Waals surface area contributed by atoms with E-state index in [9.17, 15) is 9.90 Å². The van der Waals surface area contributed by atoms with Crippen molar-refractivity contribution in [2.24, 2.45) is 5.73 Å². The zero-order valence-electron chi connectivity index (χ0n) is 17.0. The van der Waals surface area contributed by atoms with Crippen molar-refractivity contribution in [1.82, 2.24) is 14.1 Å². The molecule has 2 heterocycles. The van der Waals surface area contributed by atoms with Crippen LogP contribution in [0.5, 0.6) is 5.75 Å². The van der Waals surface area contributed by atoms with Gasteiger partial charge in [-0.15, -0.1) is 0 Å². The summed E-state index contributed by atoms with van der Waals surface area (Å²) < 4.78 is 9.78. The average molecular weight is 399 g/mol. The van der Waals surface area contributed by atoms with Crippen molar-refractivity contribution < 1.29 is 14.6 Å². The number of aromatic nitrogens is 3. The molecule has 1 unspecified atom stereocenters. The first-order chi connectivity index (χ1) is 14.1. The van der Waals surface area contributed by atoms with Gasteiger partial charge in [0.2, 0.25) is 0 Å². The molecule has 29 heavy (non-hydrogen) atoms. The summed E-state index contributed by atoms with van der Waals surface area (Å²) in [6.45, 7) is 3.65.